The van der Waals surface area contributed by atoms with E-state index < -0.39 is 0 Å². The topological polar surface area (TPSA) is 64.6 Å². The molecule has 120 valence electrons. The number of aryl methyl sites for hydroxylation is 1. The molecule has 0 spiro atoms. The first-order valence-electron chi connectivity index (χ1n) is 7.18. The third-order valence-corrected chi connectivity index (χ3v) is 3.23. The van der Waals surface area contributed by atoms with Gasteiger partial charge in [-0.05, 0) is 49.7 Å². The lowest BCUT2D eigenvalue weighted by molar-refractivity contribution is -0.118. The first kappa shape index (κ1) is 16.5. The molecule has 0 atom stereocenters. The maximum absolute atomic E-state index is 11.9. The van der Waals surface area contributed by atoms with Crippen LogP contribution in [0.1, 0.15) is 22.8 Å². The maximum atomic E-state index is 11.9. The Hall–Kier alpha value is -2.82. The van der Waals surface area contributed by atoms with Gasteiger partial charge in [0.1, 0.15) is 0 Å². The first-order valence-corrected chi connectivity index (χ1v) is 7.18. The van der Waals surface area contributed by atoms with Crippen molar-refractivity contribution < 1.29 is 19.1 Å². The summed E-state index contributed by atoms with van der Waals surface area (Å²) in [4.78, 5) is 23.3. The number of ether oxygens (including phenoxy) is 2. The van der Waals surface area contributed by atoms with E-state index in [4.69, 9.17) is 9.47 Å². The lowest BCUT2D eigenvalue weighted by atomic mass is 10.1. The van der Waals surface area contributed by atoms with E-state index in [1.54, 1.807) is 18.2 Å². The Morgan fingerprint density at radius 1 is 1.09 bits per heavy atom. The molecule has 0 fully saturated rings. The van der Waals surface area contributed by atoms with E-state index in [9.17, 15) is 9.59 Å². The summed E-state index contributed by atoms with van der Waals surface area (Å²) >= 11 is 0. The minimum Gasteiger partial charge on any atom is -0.493 e. The molecule has 0 aliphatic carbocycles. The average Bonchev–Trinajstić information content (AvgIpc) is 2.52. The van der Waals surface area contributed by atoms with Gasteiger partial charge < -0.3 is 14.8 Å². The van der Waals surface area contributed by atoms with Gasteiger partial charge in [-0.1, -0.05) is 12.1 Å². The third-order valence-electron chi connectivity index (χ3n) is 3.23. The van der Waals surface area contributed by atoms with Crippen LogP contribution >= 0.6 is 0 Å². The summed E-state index contributed by atoms with van der Waals surface area (Å²) in [6, 6.07) is 12.4. The third kappa shape index (κ3) is 4.57. The van der Waals surface area contributed by atoms with Gasteiger partial charge in [0, 0.05) is 11.3 Å². The minimum absolute atomic E-state index is 0.0629. The number of benzene rings is 2. The van der Waals surface area contributed by atoms with Crippen LogP contribution < -0.4 is 14.8 Å². The summed E-state index contributed by atoms with van der Waals surface area (Å²) in [6.45, 7) is 3.28. The predicted molar refractivity (Wildman–Crippen MR) is 88.3 cm³/mol. The lowest BCUT2D eigenvalue weighted by Crippen LogP contribution is -2.20. The van der Waals surface area contributed by atoms with E-state index in [-0.39, 0.29) is 18.3 Å². The van der Waals surface area contributed by atoms with Crippen molar-refractivity contribution in [2.24, 2.45) is 0 Å². The molecule has 2 rings (SSSR count). The minimum atomic E-state index is -0.270. The van der Waals surface area contributed by atoms with Crippen molar-refractivity contribution in [3.63, 3.8) is 0 Å². The molecule has 0 unspecified atom stereocenters. The molecule has 0 aromatic heterocycles. The molecule has 1 amide bonds. The van der Waals surface area contributed by atoms with Crippen molar-refractivity contribution in [2.45, 2.75) is 13.8 Å². The highest BCUT2D eigenvalue weighted by atomic mass is 16.5. The molecule has 5 heteroatoms. The van der Waals surface area contributed by atoms with Crippen LogP contribution in [0.5, 0.6) is 11.5 Å². The second kappa shape index (κ2) is 7.45. The zero-order chi connectivity index (χ0) is 16.8. The Bertz CT molecular complexity index is 725. The molecule has 0 saturated carbocycles. The van der Waals surface area contributed by atoms with E-state index in [0.717, 1.165) is 11.3 Å². The van der Waals surface area contributed by atoms with Crippen LogP contribution in [0.2, 0.25) is 0 Å². The van der Waals surface area contributed by atoms with Crippen LogP contribution in [0.3, 0.4) is 0 Å². The zero-order valence-corrected chi connectivity index (χ0v) is 13.4. The van der Waals surface area contributed by atoms with Crippen molar-refractivity contribution in [1.29, 1.82) is 0 Å². The quantitative estimate of drug-likeness (QED) is 0.832. The molecular formula is C18H19NO4. The van der Waals surface area contributed by atoms with Gasteiger partial charge in [-0.2, -0.15) is 0 Å². The fraction of sp³-hybridized carbons (Fsp3) is 0.222. The van der Waals surface area contributed by atoms with E-state index >= 15 is 0 Å². The van der Waals surface area contributed by atoms with E-state index in [1.165, 1.54) is 14.0 Å². The largest absolute Gasteiger partial charge is 0.493 e. The highest BCUT2D eigenvalue weighted by molar-refractivity contribution is 5.95. The maximum Gasteiger partial charge on any atom is 0.262 e. The Morgan fingerprint density at radius 3 is 2.52 bits per heavy atom. The number of hydrogen-bond acceptors (Lipinski definition) is 4. The molecule has 1 N–H and O–H groups in total. The van der Waals surface area contributed by atoms with Crippen molar-refractivity contribution in [1.82, 2.24) is 0 Å². The molecule has 23 heavy (non-hydrogen) atoms. The average molecular weight is 313 g/mol. The van der Waals surface area contributed by atoms with Gasteiger partial charge in [-0.25, -0.2) is 0 Å². The number of Topliss-reactive ketones (excluding diaryl/α,β-unsaturated/α-hetero) is 1. The highest BCUT2D eigenvalue weighted by Gasteiger charge is 2.10. The standard InChI is InChI=1S/C18H19NO4/c1-12-5-4-6-15(9-12)19-18(21)11-23-16-8-7-14(13(2)20)10-17(16)22-3/h4-10H,11H2,1-3H3,(H,19,21). The van der Waals surface area contributed by atoms with Crippen LogP contribution in [0.25, 0.3) is 0 Å². The highest BCUT2D eigenvalue weighted by Crippen LogP contribution is 2.28. The molecular weight excluding hydrogens is 294 g/mol. The summed E-state index contributed by atoms with van der Waals surface area (Å²) in [5, 5.41) is 2.76. The smallest absolute Gasteiger partial charge is 0.262 e. The van der Waals surface area contributed by atoms with E-state index in [2.05, 4.69) is 5.32 Å². The number of carbonyl (C=O) groups excluding carboxylic acids is 2. The summed E-state index contributed by atoms with van der Waals surface area (Å²) in [5.74, 6) is 0.498. The predicted octanol–water partition coefficient (Wildman–Crippen LogP) is 3.22. The van der Waals surface area contributed by atoms with Gasteiger partial charge in [0.25, 0.3) is 5.91 Å². The molecule has 0 heterocycles. The molecule has 0 radical (unpaired) electrons. The summed E-state index contributed by atoms with van der Waals surface area (Å²) in [5.41, 5.74) is 2.31. The summed E-state index contributed by atoms with van der Waals surface area (Å²) < 4.78 is 10.7. The number of rotatable bonds is 6. The fourth-order valence-corrected chi connectivity index (χ4v) is 2.07. The Labute approximate surface area is 135 Å². The molecule has 2 aromatic rings. The van der Waals surface area contributed by atoms with Gasteiger partial charge in [0.05, 0.1) is 7.11 Å². The first-order chi connectivity index (χ1) is 11.0. The number of carbonyl (C=O) groups is 2. The molecule has 0 saturated heterocycles. The van der Waals surface area contributed by atoms with Crippen molar-refractivity contribution in [3.05, 3.63) is 53.6 Å². The molecule has 5 nitrogen and oxygen atoms in total. The zero-order valence-electron chi connectivity index (χ0n) is 13.4. The lowest BCUT2D eigenvalue weighted by Gasteiger charge is -2.12. The Morgan fingerprint density at radius 2 is 1.87 bits per heavy atom. The van der Waals surface area contributed by atoms with Crippen LogP contribution in [0.4, 0.5) is 5.69 Å². The summed E-state index contributed by atoms with van der Waals surface area (Å²) in [6.07, 6.45) is 0. The number of hydrogen-bond donors (Lipinski definition) is 1. The summed E-state index contributed by atoms with van der Waals surface area (Å²) in [7, 11) is 1.49. The number of amides is 1. The van der Waals surface area contributed by atoms with Crippen LogP contribution in [0, 0.1) is 6.92 Å². The van der Waals surface area contributed by atoms with Gasteiger partial charge in [0.15, 0.2) is 23.9 Å². The molecule has 0 aliphatic rings. The second-order valence-electron chi connectivity index (χ2n) is 5.13. The van der Waals surface area contributed by atoms with Crippen molar-refractivity contribution in [2.75, 3.05) is 19.0 Å². The van der Waals surface area contributed by atoms with E-state index in [1.807, 2.05) is 31.2 Å². The number of nitrogens with one attached hydrogen (secondary N) is 1. The normalized spacial score (nSPS) is 10.0. The number of anilines is 1. The van der Waals surface area contributed by atoms with E-state index in [0.29, 0.717) is 17.1 Å². The van der Waals surface area contributed by atoms with Gasteiger partial charge in [0.2, 0.25) is 0 Å². The van der Waals surface area contributed by atoms with Crippen LogP contribution in [-0.4, -0.2) is 25.4 Å². The number of methoxy groups -OCH3 is 1. The van der Waals surface area contributed by atoms with Crippen molar-refractivity contribution in [3.8, 4) is 11.5 Å². The van der Waals surface area contributed by atoms with Crippen molar-refractivity contribution >= 4 is 17.4 Å². The van der Waals surface area contributed by atoms with Crippen LogP contribution in [-0.2, 0) is 4.79 Å². The van der Waals surface area contributed by atoms with Crippen LogP contribution in [0.15, 0.2) is 42.5 Å². The molecule has 0 bridgehead atoms. The monoisotopic (exact) mass is 313 g/mol. The van der Waals surface area contributed by atoms with Gasteiger partial charge >= 0.3 is 0 Å². The van der Waals surface area contributed by atoms with Gasteiger partial charge in [-0.3, -0.25) is 9.59 Å². The fourth-order valence-electron chi connectivity index (χ4n) is 2.07. The Balaban J connectivity index is 2.00. The molecule has 2 aromatic carbocycles. The number of ketones is 1. The second-order valence-corrected chi connectivity index (χ2v) is 5.13. The Kier molecular flexibility index (Phi) is 5.36. The SMILES string of the molecule is COc1cc(C(C)=O)ccc1OCC(=O)Nc1cccc(C)c1. The molecule has 0 aliphatic heterocycles. The van der Waals surface area contributed by atoms with Gasteiger partial charge in [-0.15, -0.1) is 0 Å².